The number of nitrogens with zero attached hydrogens (tertiary/aromatic N) is 1. The summed E-state index contributed by atoms with van der Waals surface area (Å²) in [6, 6.07) is 25.6. The molecule has 1 atom stereocenters. The molecular formula is C26H29N3O2. The van der Waals surface area contributed by atoms with Crippen LogP contribution in [-0.2, 0) is 11.3 Å². The van der Waals surface area contributed by atoms with Crippen LogP contribution in [0.25, 0.3) is 11.1 Å². The number of nitrogens with one attached hydrogen (secondary N) is 2. The largest absolute Gasteiger partial charge is 0.331 e. The molecule has 0 aromatic heterocycles. The number of carbonyl (C=O) groups excluding carboxylic acids is 2. The Morgan fingerprint density at radius 2 is 1.55 bits per heavy atom. The van der Waals surface area contributed by atoms with Gasteiger partial charge < -0.3 is 15.5 Å². The zero-order chi connectivity index (χ0) is 22.2. The highest BCUT2D eigenvalue weighted by atomic mass is 16.2. The maximum atomic E-state index is 12.8. The average molecular weight is 416 g/mol. The maximum Gasteiger partial charge on any atom is 0.317 e. The minimum absolute atomic E-state index is 0.0217. The number of amides is 3. The first-order valence-corrected chi connectivity index (χ1v) is 10.5. The summed E-state index contributed by atoms with van der Waals surface area (Å²) in [4.78, 5) is 26.0. The molecule has 0 aliphatic rings. The van der Waals surface area contributed by atoms with Crippen LogP contribution in [0.1, 0.15) is 37.4 Å². The predicted molar refractivity (Wildman–Crippen MR) is 126 cm³/mol. The van der Waals surface area contributed by atoms with Gasteiger partial charge in [-0.05, 0) is 41.3 Å². The fourth-order valence-corrected chi connectivity index (χ4v) is 3.37. The van der Waals surface area contributed by atoms with Crippen molar-refractivity contribution in [3.05, 3.63) is 90.0 Å². The summed E-state index contributed by atoms with van der Waals surface area (Å²) in [5.41, 5.74) is 5.08. The number of hydrogen-bond acceptors (Lipinski definition) is 2. The molecule has 1 unspecified atom stereocenters. The van der Waals surface area contributed by atoms with Gasteiger partial charge in [0.05, 0.1) is 6.04 Å². The Balaban J connectivity index is 1.63. The van der Waals surface area contributed by atoms with E-state index in [9.17, 15) is 9.59 Å². The molecule has 0 radical (unpaired) electrons. The van der Waals surface area contributed by atoms with Gasteiger partial charge in [0, 0.05) is 25.7 Å². The van der Waals surface area contributed by atoms with Crippen molar-refractivity contribution in [1.29, 1.82) is 0 Å². The molecule has 0 aliphatic heterocycles. The lowest BCUT2D eigenvalue weighted by atomic mass is 9.99. The van der Waals surface area contributed by atoms with Crippen LogP contribution in [0, 0.1) is 0 Å². The second kappa shape index (κ2) is 10.4. The fraction of sp³-hybridized carbons (Fsp3) is 0.231. The van der Waals surface area contributed by atoms with Crippen LogP contribution in [0.15, 0.2) is 78.9 Å². The number of carbonyl (C=O) groups is 2. The molecule has 5 heteroatoms. The van der Waals surface area contributed by atoms with E-state index in [2.05, 4.69) is 34.9 Å². The molecule has 160 valence electrons. The van der Waals surface area contributed by atoms with E-state index in [4.69, 9.17) is 0 Å². The van der Waals surface area contributed by atoms with Crippen molar-refractivity contribution in [2.24, 2.45) is 0 Å². The number of anilines is 1. The number of benzene rings is 3. The van der Waals surface area contributed by atoms with Gasteiger partial charge in [-0.15, -0.1) is 0 Å². The molecule has 0 fully saturated rings. The molecule has 31 heavy (non-hydrogen) atoms. The summed E-state index contributed by atoms with van der Waals surface area (Å²) in [7, 11) is 1.80. The first-order chi connectivity index (χ1) is 15.0. The topological polar surface area (TPSA) is 61.4 Å². The lowest BCUT2D eigenvalue weighted by Gasteiger charge is -2.23. The molecule has 3 aromatic carbocycles. The zero-order valence-corrected chi connectivity index (χ0v) is 18.3. The number of hydrogen-bond donors (Lipinski definition) is 2. The minimum Gasteiger partial charge on any atom is -0.331 e. The number of rotatable bonds is 7. The van der Waals surface area contributed by atoms with E-state index in [1.165, 1.54) is 0 Å². The first kappa shape index (κ1) is 22.1. The molecule has 3 amide bonds. The normalized spacial score (nSPS) is 11.5. The van der Waals surface area contributed by atoms with Gasteiger partial charge in [-0.2, -0.15) is 0 Å². The van der Waals surface area contributed by atoms with Gasteiger partial charge in [0.25, 0.3) is 0 Å². The SMILES string of the molecule is CCC(=O)Nc1ccc(C(C)NC(=O)N(C)Cc2ccccc2-c2ccccc2)cc1. The van der Waals surface area contributed by atoms with Crippen LogP contribution < -0.4 is 10.6 Å². The van der Waals surface area contributed by atoms with Crippen LogP contribution >= 0.6 is 0 Å². The molecule has 5 nitrogen and oxygen atoms in total. The average Bonchev–Trinajstić information content (AvgIpc) is 2.80. The summed E-state index contributed by atoms with van der Waals surface area (Å²) in [5, 5.41) is 5.87. The molecule has 3 rings (SSSR count). The second-order valence-electron chi connectivity index (χ2n) is 7.57. The predicted octanol–water partition coefficient (Wildman–Crippen LogP) is 5.60. The van der Waals surface area contributed by atoms with Crippen molar-refractivity contribution in [2.75, 3.05) is 12.4 Å². The lowest BCUT2D eigenvalue weighted by Crippen LogP contribution is -2.38. The fourth-order valence-electron chi connectivity index (χ4n) is 3.37. The Hall–Kier alpha value is -3.60. The van der Waals surface area contributed by atoms with Crippen LogP contribution in [0.5, 0.6) is 0 Å². The summed E-state index contributed by atoms with van der Waals surface area (Å²) in [6.07, 6.45) is 0.438. The van der Waals surface area contributed by atoms with Crippen LogP contribution in [0.2, 0.25) is 0 Å². The van der Waals surface area contributed by atoms with Crippen molar-refractivity contribution in [2.45, 2.75) is 32.9 Å². The Bertz CT molecular complexity index is 1020. The van der Waals surface area contributed by atoms with Crippen molar-refractivity contribution >= 4 is 17.6 Å². The summed E-state index contributed by atoms with van der Waals surface area (Å²) < 4.78 is 0. The minimum atomic E-state index is -0.157. The van der Waals surface area contributed by atoms with E-state index in [1.807, 2.05) is 68.4 Å². The van der Waals surface area contributed by atoms with Crippen molar-refractivity contribution < 1.29 is 9.59 Å². The third-order valence-electron chi connectivity index (χ3n) is 5.21. The summed E-state index contributed by atoms with van der Waals surface area (Å²) in [5.74, 6) is -0.0217. The highest BCUT2D eigenvalue weighted by Crippen LogP contribution is 2.24. The van der Waals surface area contributed by atoms with Crippen LogP contribution in [-0.4, -0.2) is 23.9 Å². The molecular weight excluding hydrogens is 386 g/mol. The van der Waals surface area contributed by atoms with E-state index in [0.29, 0.717) is 13.0 Å². The van der Waals surface area contributed by atoms with Crippen molar-refractivity contribution in [3.63, 3.8) is 0 Å². The quantitative estimate of drug-likeness (QED) is 0.527. The van der Waals surface area contributed by atoms with Crippen molar-refractivity contribution in [1.82, 2.24) is 10.2 Å². The van der Waals surface area contributed by atoms with Gasteiger partial charge in [-0.3, -0.25) is 4.79 Å². The summed E-state index contributed by atoms with van der Waals surface area (Å²) in [6.45, 7) is 4.27. The molecule has 0 saturated carbocycles. The highest BCUT2D eigenvalue weighted by Gasteiger charge is 2.15. The van der Waals surface area contributed by atoms with E-state index in [1.54, 1.807) is 11.9 Å². The Kier molecular flexibility index (Phi) is 7.44. The zero-order valence-electron chi connectivity index (χ0n) is 18.3. The van der Waals surface area contributed by atoms with Gasteiger partial charge in [-0.1, -0.05) is 73.7 Å². The van der Waals surface area contributed by atoms with Crippen LogP contribution in [0.3, 0.4) is 0 Å². The Morgan fingerprint density at radius 3 is 2.23 bits per heavy atom. The highest BCUT2D eigenvalue weighted by molar-refractivity contribution is 5.90. The summed E-state index contributed by atoms with van der Waals surface area (Å²) >= 11 is 0. The molecule has 0 heterocycles. The molecule has 3 aromatic rings. The maximum absolute atomic E-state index is 12.8. The lowest BCUT2D eigenvalue weighted by molar-refractivity contribution is -0.115. The van der Waals surface area contributed by atoms with Gasteiger partial charge in [0.15, 0.2) is 0 Å². The second-order valence-corrected chi connectivity index (χ2v) is 7.57. The molecule has 0 bridgehead atoms. The molecule has 0 aliphatic carbocycles. The van der Waals surface area contributed by atoms with Gasteiger partial charge in [0.1, 0.15) is 0 Å². The smallest absolute Gasteiger partial charge is 0.317 e. The molecule has 2 N–H and O–H groups in total. The van der Waals surface area contributed by atoms with Gasteiger partial charge in [0.2, 0.25) is 5.91 Å². The van der Waals surface area contributed by atoms with Crippen LogP contribution in [0.4, 0.5) is 10.5 Å². The third-order valence-corrected chi connectivity index (χ3v) is 5.21. The monoisotopic (exact) mass is 415 g/mol. The van der Waals surface area contributed by atoms with E-state index in [-0.39, 0.29) is 18.0 Å². The number of urea groups is 1. The molecule has 0 spiro atoms. The first-order valence-electron chi connectivity index (χ1n) is 10.5. The van der Waals surface area contributed by atoms with E-state index >= 15 is 0 Å². The molecule has 0 saturated heterocycles. The van der Waals surface area contributed by atoms with Crippen molar-refractivity contribution in [3.8, 4) is 11.1 Å². The standard InChI is InChI=1S/C26H29N3O2/c1-4-25(30)28-23-16-14-20(15-17-23)19(2)27-26(31)29(3)18-22-12-8-9-13-24(22)21-10-6-5-7-11-21/h5-17,19H,4,18H2,1-3H3,(H,27,31)(H,28,30). The van der Waals surface area contributed by atoms with E-state index < -0.39 is 0 Å². The van der Waals surface area contributed by atoms with Gasteiger partial charge in [-0.25, -0.2) is 4.79 Å². The third kappa shape index (κ3) is 5.95. The van der Waals surface area contributed by atoms with Gasteiger partial charge >= 0.3 is 6.03 Å². The van der Waals surface area contributed by atoms with E-state index in [0.717, 1.165) is 27.9 Å². The Morgan fingerprint density at radius 1 is 0.903 bits per heavy atom. The Labute approximate surface area is 184 Å².